The first-order valence-electron chi connectivity index (χ1n) is 6.48. The maximum absolute atomic E-state index is 12.5. The molecule has 0 aliphatic carbocycles. The molecule has 4 nitrogen and oxygen atoms in total. The SMILES string of the molecule is O=C1C(Cl)=C(c2ccc(Cl)cc2)C(=O)N1Cc1ccncc1. The zero-order chi connectivity index (χ0) is 15.7. The Morgan fingerprint density at radius 2 is 1.55 bits per heavy atom. The molecule has 0 radical (unpaired) electrons. The molecule has 6 heteroatoms. The fourth-order valence-electron chi connectivity index (χ4n) is 2.23. The van der Waals surface area contributed by atoms with Crippen LogP contribution in [0.3, 0.4) is 0 Å². The van der Waals surface area contributed by atoms with Crippen LogP contribution in [-0.2, 0) is 16.1 Å². The van der Waals surface area contributed by atoms with Crippen molar-refractivity contribution in [3.05, 3.63) is 70.0 Å². The van der Waals surface area contributed by atoms with Crippen LogP contribution >= 0.6 is 23.2 Å². The second kappa shape index (κ2) is 5.91. The lowest BCUT2D eigenvalue weighted by molar-refractivity contribution is -0.137. The lowest BCUT2D eigenvalue weighted by Gasteiger charge is -2.14. The number of imide groups is 1. The topological polar surface area (TPSA) is 50.3 Å². The monoisotopic (exact) mass is 332 g/mol. The minimum Gasteiger partial charge on any atom is -0.269 e. The highest BCUT2D eigenvalue weighted by Crippen LogP contribution is 2.33. The molecule has 0 atom stereocenters. The summed E-state index contributed by atoms with van der Waals surface area (Å²) in [4.78, 5) is 29.8. The molecule has 110 valence electrons. The van der Waals surface area contributed by atoms with E-state index in [1.165, 1.54) is 0 Å². The Balaban J connectivity index is 1.92. The van der Waals surface area contributed by atoms with Gasteiger partial charge < -0.3 is 0 Å². The van der Waals surface area contributed by atoms with Gasteiger partial charge in [0.05, 0.1) is 12.1 Å². The fraction of sp³-hybridized carbons (Fsp3) is 0.0625. The van der Waals surface area contributed by atoms with Gasteiger partial charge in [-0.1, -0.05) is 35.3 Å². The summed E-state index contributed by atoms with van der Waals surface area (Å²) in [5.74, 6) is -0.900. The molecular weight excluding hydrogens is 323 g/mol. The predicted molar refractivity (Wildman–Crippen MR) is 84.0 cm³/mol. The first-order valence-corrected chi connectivity index (χ1v) is 7.24. The van der Waals surface area contributed by atoms with E-state index in [9.17, 15) is 9.59 Å². The minimum absolute atomic E-state index is 0.0682. The summed E-state index contributed by atoms with van der Waals surface area (Å²) in [5, 5.41) is 0.479. The van der Waals surface area contributed by atoms with Gasteiger partial charge in [0, 0.05) is 17.4 Å². The van der Waals surface area contributed by atoms with Gasteiger partial charge in [-0.15, -0.1) is 0 Å². The van der Waals surface area contributed by atoms with Crippen LogP contribution in [-0.4, -0.2) is 21.7 Å². The van der Waals surface area contributed by atoms with Gasteiger partial charge in [-0.05, 0) is 35.4 Å². The first kappa shape index (κ1) is 14.8. The lowest BCUT2D eigenvalue weighted by atomic mass is 10.1. The molecule has 22 heavy (non-hydrogen) atoms. The Morgan fingerprint density at radius 3 is 2.18 bits per heavy atom. The van der Waals surface area contributed by atoms with E-state index in [1.807, 2.05) is 0 Å². The van der Waals surface area contributed by atoms with Crippen molar-refractivity contribution in [3.8, 4) is 0 Å². The van der Waals surface area contributed by atoms with Crippen LogP contribution in [0.1, 0.15) is 11.1 Å². The second-order valence-corrected chi connectivity index (χ2v) is 5.56. The number of nitrogens with zero attached hydrogens (tertiary/aromatic N) is 2. The standard InChI is InChI=1S/C16H10Cl2N2O2/c17-12-3-1-11(2-4-12)13-14(18)16(22)20(15(13)21)9-10-5-7-19-8-6-10/h1-8H,9H2. The molecular formula is C16H10Cl2N2O2. The largest absolute Gasteiger partial charge is 0.273 e. The summed E-state index contributed by atoms with van der Waals surface area (Å²) in [6.07, 6.45) is 3.21. The predicted octanol–water partition coefficient (Wildman–Crippen LogP) is 3.25. The van der Waals surface area contributed by atoms with Gasteiger partial charge >= 0.3 is 0 Å². The number of hydrogen-bond donors (Lipinski definition) is 0. The van der Waals surface area contributed by atoms with Gasteiger partial charge in [-0.3, -0.25) is 19.5 Å². The summed E-state index contributed by atoms with van der Waals surface area (Å²) in [6, 6.07) is 10.1. The second-order valence-electron chi connectivity index (χ2n) is 4.75. The minimum atomic E-state index is -0.492. The van der Waals surface area contributed by atoms with Crippen LogP contribution in [0, 0.1) is 0 Å². The van der Waals surface area contributed by atoms with E-state index in [0.29, 0.717) is 10.6 Å². The van der Waals surface area contributed by atoms with Gasteiger partial charge in [0.1, 0.15) is 5.03 Å². The van der Waals surface area contributed by atoms with Crippen LogP contribution in [0.15, 0.2) is 53.8 Å². The zero-order valence-electron chi connectivity index (χ0n) is 11.3. The molecule has 2 heterocycles. The Morgan fingerprint density at radius 1 is 0.909 bits per heavy atom. The molecule has 3 rings (SSSR count). The van der Waals surface area contributed by atoms with Crippen molar-refractivity contribution < 1.29 is 9.59 Å². The summed E-state index contributed by atoms with van der Waals surface area (Å²) >= 11 is 11.9. The maximum atomic E-state index is 12.5. The molecule has 1 aliphatic rings. The highest BCUT2D eigenvalue weighted by atomic mass is 35.5. The van der Waals surface area contributed by atoms with E-state index in [-0.39, 0.29) is 17.2 Å². The van der Waals surface area contributed by atoms with Crippen molar-refractivity contribution in [2.75, 3.05) is 0 Å². The van der Waals surface area contributed by atoms with Crippen molar-refractivity contribution in [2.45, 2.75) is 6.54 Å². The van der Waals surface area contributed by atoms with Crippen molar-refractivity contribution in [3.63, 3.8) is 0 Å². The molecule has 0 unspecified atom stereocenters. The molecule has 1 aliphatic heterocycles. The average Bonchev–Trinajstić information content (AvgIpc) is 2.73. The Hall–Kier alpha value is -2.17. The van der Waals surface area contributed by atoms with Crippen LogP contribution in [0.5, 0.6) is 0 Å². The van der Waals surface area contributed by atoms with Crippen LogP contribution in [0.2, 0.25) is 5.02 Å². The number of rotatable bonds is 3. The number of halogens is 2. The number of carbonyl (C=O) groups is 2. The molecule has 2 aromatic rings. The Bertz CT molecular complexity index is 770. The lowest BCUT2D eigenvalue weighted by Crippen LogP contribution is -2.30. The molecule has 2 amide bonds. The van der Waals surface area contributed by atoms with E-state index in [2.05, 4.69) is 4.98 Å². The molecule has 1 aromatic carbocycles. The Labute approximate surface area is 137 Å². The third-order valence-corrected chi connectivity index (χ3v) is 3.94. The third kappa shape index (κ3) is 2.63. The smallest absolute Gasteiger partial charge is 0.269 e. The molecule has 0 N–H and O–H groups in total. The molecule has 0 fully saturated rings. The van der Waals surface area contributed by atoms with Crippen molar-refractivity contribution >= 4 is 40.6 Å². The van der Waals surface area contributed by atoms with Gasteiger partial charge in [-0.25, -0.2) is 0 Å². The number of aromatic nitrogens is 1. The zero-order valence-corrected chi connectivity index (χ0v) is 12.8. The third-order valence-electron chi connectivity index (χ3n) is 3.33. The number of benzene rings is 1. The van der Waals surface area contributed by atoms with Crippen molar-refractivity contribution in [1.29, 1.82) is 0 Å². The van der Waals surface area contributed by atoms with Gasteiger partial charge in [0.15, 0.2) is 0 Å². The maximum Gasteiger partial charge on any atom is 0.273 e. The van der Waals surface area contributed by atoms with Gasteiger partial charge in [-0.2, -0.15) is 0 Å². The summed E-state index contributed by atoms with van der Waals surface area (Å²) < 4.78 is 0. The van der Waals surface area contributed by atoms with Crippen LogP contribution in [0.4, 0.5) is 0 Å². The summed E-state index contributed by atoms with van der Waals surface area (Å²) in [7, 11) is 0. The molecule has 1 aromatic heterocycles. The molecule has 0 saturated carbocycles. The molecule has 0 saturated heterocycles. The van der Waals surface area contributed by atoms with E-state index in [1.54, 1.807) is 48.8 Å². The molecule has 0 bridgehead atoms. The quantitative estimate of drug-likeness (QED) is 0.810. The fourth-order valence-corrected chi connectivity index (χ4v) is 2.65. The van der Waals surface area contributed by atoms with Crippen LogP contribution < -0.4 is 0 Å². The summed E-state index contributed by atoms with van der Waals surface area (Å²) in [5.41, 5.74) is 1.58. The van der Waals surface area contributed by atoms with Gasteiger partial charge in [0.2, 0.25) is 0 Å². The highest BCUT2D eigenvalue weighted by Gasteiger charge is 2.37. The number of pyridine rings is 1. The van der Waals surface area contributed by atoms with E-state index in [4.69, 9.17) is 23.2 Å². The van der Waals surface area contributed by atoms with Crippen molar-refractivity contribution in [1.82, 2.24) is 9.88 Å². The average molecular weight is 333 g/mol. The summed E-state index contributed by atoms with van der Waals surface area (Å²) in [6.45, 7) is 0.160. The first-order chi connectivity index (χ1) is 10.6. The number of hydrogen-bond acceptors (Lipinski definition) is 3. The van der Waals surface area contributed by atoms with E-state index in [0.717, 1.165) is 10.5 Å². The normalized spacial score (nSPS) is 14.9. The van der Waals surface area contributed by atoms with Crippen LogP contribution in [0.25, 0.3) is 5.57 Å². The Kier molecular flexibility index (Phi) is 3.96. The highest BCUT2D eigenvalue weighted by molar-refractivity contribution is 6.55. The van der Waals surface area contributed by atoms with Crippen molar-refractivity contribution in [2.24, 2.45) is 0 Å². The molecule has 0 spiro atoms. The number of carbonyl (C=O) groups excluding carboxylic acids is 2. The number of amides is 2. The van der Waals surface area contributed by atoms with Gasteiger partial charge in [0.25, 0.3) is 11.8 Å². The van der Waals surface area contributed by atoms with E-state index >= 15 is 0 Å². The van der Waals surface area contributed by atoms with E-state index < -0.39 is 11.8 Å².